The summed E-state index contributed by atoms with van der Waals surface area (Å²) in [7, 11) is 0. The molecule has 3 N–H and O–H groups in total. The van der Waals surface area contributed by atoms with Gasteiger partial charge in [0.15, 0.2) is 0 Å². The van der Waals surface area contributed by atoms with Gasteiger partial charge in [0.05, 0.1) is 0 Å². The van der Waals surface area contributed by atoms with Gasteiger partial charge in [0.1, 0.15) is 5.82 Å². The SMILES string of the molecule is CCCC(C)C(NN)c1ccc(F)cc1I. The Bertz CT molecular complexity index is 344. The first-order chi connectivity index (χ1) is 7.60. The van der Waals surface area contributed by atoms with Crippen LogP contribution in [-0.2, 0) is 0 Å². The molecule has 0 amide bonds. The van der Waals surface area contributed by atoms with Gasteiger partial charge >= 0.3 is 0 Å². The van der Waals surface area contributed by atoms with Crippen LogP contribution < -0.4 is 11.3 Å². The van der Waals surface area contributed by atoms with Gasteiger partial charge in [0.25, 0.3) is 0 Å². The molecule has 1 aromatic carbocycles. The van der Waals surface area contributed by atoms with E-state index >= 15 is 0 Å². The second-order valence-electron chi connectivity index (χ2n) is 4.08. The van der Waals surface area contributed by atoms with Gasteiger partial charge in [-0.1, -0.05) is 26.3 Å². The minimum absolute atomic E-state index is 0.0902. The number of hydrogen-bond acceptors (Lipinski definition) is 2. The van der Waals surface area contributed by atoms with Crippen molar-refractivity contribution in [1.82, 2.24) is 5.43 Å². The van der Waals surface area contributed by atoms with E-state index in [1.807, 2.05) is 6.07 Å². The molecule has 0 heterocycles. The molecule has 0 aliphatic carbocycles. The zero-order valence-corrected chi connectivity index (χ0v) is 11.8. The lowest BCUT2D eigenvalue weighted by Crippen LogP contribution is -2.33. The highest BCUT2D eigenvalue weighted by Gasteiger charge is 2.19. The quantitative estimate of drug-likeness (QED) is 0.492. The Balaban J connectivity index is 2.94. The summed E-state index contributed by atoms with van der Waals surface area (Å²) in [6, 6.07) is 4.93. The van der Waals surface area contributed by atoms with Gasteiger partial charge in [-0.05, 0) is 52.6 Å². The predicted octanol–water partition coefficient (Wildman–Crippen LogP) is 3.37. The number of benzene rings is 1. The minimum Gasteiger partial charge on any atom is -0.271 e. The fraction of sp³-hybridized carbons (Fsp3) is 0.500. The van der Waals surface area contributed by atoms with Crippen molar-refractivity contribution >= 4 is 22.6 Å². The second-order valence-corrected chi connectivity index (χ2v) is 5.24. The highest BCUT2D eigenvalue weighted by Crippen LogP contribution is 2.28. The molecular weight excluding hydrogens is 318 g/mol. The Labute approximate surface area is 110 Å². The topological polar surface area (TPSA) is 38.0 Å². The normalized spacial score (nSPS) is 14.8. The molecule has 0 fully saturated rings. The summed E-state index contributed by atoms with van der Waals surface area (Å²) >= 11 is 2.15. The molecule has 0 aromatic heterocycles. The summed E-state index contributed by atoms with van der Waals surface area (Å²) in [5.41, 5.74) is 3.91. The van der Waals surface area contributed by atoms with Crippen LogP contribution in [0.1, 0.15) is 38.3 Å². The smallest absolute Gasteiger partial charge is 0.124 e. The number of rotatable bonds is 5. The first-order valence-electron chi connectivity index (χ1n) is 5.51. The Morgan fingerprint density at radius 3 is 2.69 bits per heavy atom. The molecule has 16 heavy (non-hydrogen) atoms. The maximum Gasteiger partial charge on any atom is 0.124 e. The van der Waals surface area contributed by atoms with E-state index in [-0.39, 0.29) is 11.9 Å². The van der Waals surface area contributed by atoms with Crippen LogP contribution in [0.4, 0.5) is 4.39 Å². The van der Waals surface area contributed by atoms with Gasteiger partial charge in [0, 0.05) is 9.61 Å². The maximum atomic E-state index is 13.0. The average Bonchev–Trinajstić information content (AvgIpc) is 2.22. The number of hydrogen-bond donors (Lipinski definition) is 2. The number of halogens is 2. The summed E-state index contributed by atoms with van der Waals surface area (Å²) in [5, 5.41) is 0. The van der Waals surface area contributed by atoms with E-state index in [2.05, 4.69) is 41.9 Å². The van der Waals surface area contributed by atoms with Gasteiger partial charge in [0.2, 0.25) is 0 Å². The van der Waals surface area contributed by atoms with E-state index < -0.39 is 0 Å². The minimum atomic E-state index is -0.202. The lowest BCUT2D eigenvalue weighted by molar-refractivity contribution is 0.366. The standard InChI is InChI=1S/C12H18FIN2/c1-3-4-8(2)12(16-15)10-6-5-9(13)7-11(10)14/h5-8,12,16H,3-4,15H2,1-2H3. The summed E-state index contributed by atoms with van der Waals surface area (Å²) in [6.45, 7) is 4.31. The second kappa shape index (κ2) is 6.51. The van der Waals surface area contributed by atoms with Crippen molar-refractivity contribution in [1.29, 1.82) is 0 Å². The molecule has 4 heteroatoms. The van der Waals surface area contributed by atoms with E-state index in [9.17, 15) is 4.39 Å². The van der Waals surface area contributed by atoms with Crippen LogP contribution in [0.3, 0.4) is 0 Å². The highest BCUT2D eigenvalue weighted by atomic mass is 127. The van der Waals surface area contributed by atoms with Gasteiger partial charge in [-0.2, -0.15) is 0 Å². The molecule has 2 atom stereocenters. The van der Waals surface area contributed by atoms with Crippen LogP contribution >= 0.6 is 22.6 Å². The fourth-order valence-corrected chi connectivity index (χ4v) is 2.75. The van der Waals surface area contributed by atoms with E-state index in [1.165, 1.54) is 6.07 Å². The van der Waals surface area contributed by atoms with Crippen molar-refractivity contribution in [3.05, 3.63) is 33.1 Å². The Morgan fingerprint density at radius 1 is 1.50 bits per heavy atom. The van der Waals surface area contributed by atoms with Crippen LogP contribution in [0, 0.1) is 15.3 Å². The van der Waals surface area contributed by atoms with E-state index in [4.69, 9.17) is 5.84 Å². The van der Waals surface area contributed by atoms with Crippen molar-refractivity contribution in [2.75, 3.05) is 0 Å². The maximum absolute atomic E-state index is 13.0. The molecule has 0 bridgehead atoms. The number of hydrazine groups is 1. The first-order valence-corrected chi connectivity index (χ1v) is 6.59. The Kier molecular flexibility index (Phi) is 5.64. The lowest BCUT2D eigenvalue weighted by Gasteiger charge is -2.24. The van der Waals surface area contributed by atoms with Crippen molar-refractivity contribution < 1.29 is 4.39 Å². The van der Waals surface area contributed by atoms with E-state index in [0.717, 1.165) is 22.0 Å². The molecule has 90 valence electrons. The molecular formula is C12H18FIN2. The fourth-order valence-electron chi connectivity index (χ4n) is 1.94. The van der Waals surface area contributed by atoms with Crippen molar-refractivity contribution in [3.8, 4) is 0 Å². The summed E-state index contributed by atoms with van der Waals surface area (Å²) in [5.74, 6) is 5.83. The van der Waals surface area contributed by atoms with Crippen molar-refractivity contribution in [3.63, 3.8) is 0 Å². The summed E-state index contributed by atoms with van der Waals surface area (Å²) in [6.07, 6.45) is 2.22. The first kappa shape index (κ1) is 13.9. The van der Waals surface area contributed by atoms with E-state index in [0.29, 0.717) is 5.92 Å². The predicted molar refractivity (Wildman–Crippen MR) is 73.3 cm³/mol. The molecule has 1 rings (SSSR count). The van der Waals surface area contributed by atoms with Crippen molar-refractivity contribution in [2.45, 2.75) is 32.7 Å². The molecule has 0 radical (unpaired) electrons. The molecule has 0 aliphatic rings. The van der Waals surface area contributed by atoms with Gasteiger partial charge in [-0.3, -0.25) is 11.3 Å². The molecule has 0 spiro atoms. The third kappa shape index (κ3) is 3.40. The molecule has 2 nitrogen and oxygen atoms in total. The van der Waals surface area contributed by atoms with Crippen LogP contribution in [-0.4, -0.2) is 0 Å². The third-order valence-corrected chi connectivity index (χ3v) is 3.72. The van der Waals surface area contributed by atoms with Gasteiger partial charge in [-0.15, -0.1) is 0 Å². The lowest BCUT2D eigenvalue weighted by atomic mass is 9.91. The van der Waals surface area contributed by atoms with Crippen LogP contribution in [0.25, 0.3) is 0 Å². The Morgan fingerprint density at radius 2 is 2.19 bits per heavy atom. The largest absolute Gasteiger partial charge is 0.271 e. The molecule has 1 aromatic rings. The number of nitrogens with two attached hydrogens (primary N) is 1. The third-order valence-electron chi connectivity index (χ3n) is 2.79. The summed E-state index contributed by atoms with van der Waals surface area (Å²) in [4.78, 5) is 0. The van der Waals surface area contributed by atoms with E-state index in [1.54, 1.807) is 6.07 Å². The molecule has 0 saturated heterocycles. The highest BCUT2D eigenvalue weighted by molar-refractivity contribution is 14.1. The zero-order valence-electron chi connectivity index (χ0n) is 9.63. The summed E-state index contributed by atoms with van der Waals surface area (Å²) < 4.78 is 13.9. The van der Waals surface area contributed by atoms with Crippen LogP contribution in [0.2, 0.25) is 0 Å². The Hall–Kier alpha value is -0.200. The van der Waals surface area contributed by atoms with Crippen LogP contribution in [0.5, 0.6) is 0 Å². The van der Waals surface area contributed by atoms with Gasteiger partial charge < -0.3 is 0 Å². The molecule has 2 unspecified atom stereocenters. The molecule has 0 saturated carbocycles. The monoisotopic (exact) mass is 336 g/mol. The zero-order chi connectivity index (χ0) is 12.1. The van der Waals surface area contributed by atoms with Gasteiger partial charge in [-0.25, -0.2) is 4.39 Å². The average molecular weight is 336 g/mol. The molecule has 0 aliphatic heterocycles. The van der Waals surface area contributed by atoms with Crippen molar-refractivity contribution in [2.24, 2.45) is 11.8 Å². The van der Waals surface area contributed by atoms with Crippen LogP contribution in [0.15, 0.2) is 18.2 Å². The number of nitrogens with one attached hydrogen (secondary N) is 1.